The molecule has 0 amide bonds. The highest BCUT2D eigenvalue weighted by Gasteiger charge is 2.46. The summed E-state index contributed by atoms with van der Waals surface area (Å²) in [5, 5.41) is 9.89. The average molecular weight is 166 g/mol. The third kappa shape index (κ3) is 1.20. The van der Waals surface area contributed by atoms with Crippen molar-refractivity contribution >= 4 is 0 Å². The molecule has 1 N–H and O–H groups in total. The monoisotopic (exact) mass is 166 g/mol. The van der Waals surface area contributed by atoms with Crippen LogP contribution in [-0.4, -0.2) is 11.2 Å². The molecular formula is C11H18O. The van der Waals surface area contributed by atoms with Gasteiger partial charge in [0.05, 0.1) is 6.10 Å². The minimum absolute atomic E-state index is 0.0135. The molecule has 2 rings (SSSR count). The van der Waals surface area contributed by atoms with Crippen molar-refractivity contribution in [2.75, 3.05) is 0 Å². The van der Waals surface area contributed by atoms with Gasteiger partial charge in [-0.1, -0.05) is 5.57 Å². The molecule has 2 aliphatic carbocycles. The van der Waals surface area contributed by atoms with Crippen LogP contribution in [0.5, 0.6) is 0 Å². The Kier molecular flexibility index (Phi) is 1.99. The lowest BCUT2D eigenvalue weighted by molar-refractivity contribution is 0.0591. The van der Waals surface area contributed by atoms with Crippen LogP contribution in [0.3, 0.4) is 0 Å². The van der Waals surface area contributed by atoms with E-state index in [-0.39, 0.29) is 6.10 Å². The number of aliphatic hydroxyl groups is 1. The lowest BCUT2D eigenvalue weighted by Crippen LogP contribution is -2.27. The third-order valence-corrected chi connectivity index (χ3v) is 3.63. The second-order valence-corrected chi connectivity index (χ2v) is 4.65. The third-order valence-electron chi connectivity index (χ3n) is 3.63. The van der Waals surface area contributed by atoms with Crippen LogP contribution in [0, 0.1) is 17.8 Å². The first kappa shape index (κ1) is 8.31. The van der Waals surface area contributed by atoms with Crippen molar-refractivity contribution in [3.8, 4) is 0 Å². The molecule has 0 aromatic heterocycles. The Bertz CT molecular complexity index is 195. The zero-order valence-electron chi connectivity index (χ0n) is 7.79. The smallest absolute Gasteiger partial charge is 0.0602 e. The molecule has 4 unspecified atom stereocenters. The summed E-state index contributed by atoms with van der Waals surface area (Å²) in [6, 6.07) is 0. The Hall–Kier alpha value is -0.300. The lowest BCUT2D eigenvalue weighted by atomic mass is 9.82. The molecule has 4 atom stereocenters. The van der Waals surface area contributed by atoms with Gasteiger partial charge in [0.25, 0.3) is 0 Å². The van der Waals surface area contributed by atoms with E-state index in [1.54, 1.807) is 0 Å². The summed E-state index contributed by atoms with van der Waals surface area (Å²) in [6.07, 6.45) is 4.92. The maximum absolute atomic E-state index is 9.89. The van der Waals surface area contributed by atoms with Crippen molar-refractivity contribution < 1.29 is 5.11 Å². The van der Waals surface area contributed by atoms with Crippen LogP contribution in [0.1, 0.15) is 32.6 Å². The molecule has 68 valence electrons. The molecule has 2 bridgehead atoms. The molecule has 12 heavy (non-hydrogen) atoms. The van der Waals surface area contributed by atoms with E-state index in [4.69, 9.17) is 0 Å². The molecule has 0 heterocycles. The van der Waals surface area contributed by atoms with Crippen LogP contribution in [0.4, 0.5) is 0 Å². The van der Waals surface area contributed by atoms with Gasteiger partial charge in [0.1, 0.15) is 0 Å². The largest absolute Gasteiger partial charge is 0.393 e. The van der Waals surface area contributed by atoms with Gasteiger partial charge >= 0.3 is 0 Å². The summed E-state index contributed by atoms with van der Waals surface area (Å²) in [5.41, 5.74) is 1.23. The van der Waals surface area contributed by atoms with E-state index in [0.29, 0.717) is 11.8 Å². The van der Waals surface area contributed by atoms with Crippen molar-refractivity contribution in [3.05, 3.63) is 12.2 Å². The molecule has 1 heteroatoms. The van der Waals surface area contributed by atoms with E-state index in [9.17, 15) is 5.11 Å². The molecule has 1 nitrogen and oxygen atoms in total. The number of hydrogen-bond acceptors (Lipinski definition) is 1. The van der Waals surface area contributed by atoms with Crippen molar-refractivity contribution in [1.29, 1.82) is 0 Å². The topological polar surface area (TPSA) is 20.2 Å². The van der Waals surface area contributed by atoms with E-state index in [1.807, 2.05) is 0 Å². The Balaban J connectivity index is 2.02. The molecule has 0 radical (unpaired) electrons. The molecule has 0 aromatic carbocycles. The molecule has 0 aromatic rings. The lowest BCUT2D eigenvalue weighted by Gasteiger charge is -2.27. The van der Waals surface area contributed by atoms with Gasteiger partial charge in [-0.05, 0) is 50.4 Å². The Morgan fingerprint density at radius 2 is 2.08 bits per heavy atom. The molecular weight excluding hydrogens is 148 g/mol. The number of hydrogen-bond donors (Lipinski definition) is 1. The SMILES string of the molecule is C=C(C)CC1C2CCC(C2)C1O. The van der Waals surface area contributed by atoms with Gasteiger partial charge in [-0.3, -0.25) is 0 Å². The summed E-state index contributed by atoms with van der Waals surface area (Å²) in [4.78, 5) is 0. The fourth-order valence-electron chi connectivity index (χ4n) is 3.07. The predicted octanol–water partition coefficient (Wildman–Crippen LogP) is 2.36. The first-order chi connectivity index (χ1) is 5.68. The van der Waals surface area contributed by atoms with Crippen molar-refractivity contribution in [2.45, 2.75) is 38.7 Å². The molecule has 0 saturated heterocycles. The average Bonchev–Trinajstić information content (AvgIpc) is 2.53. The standard InChI is InChI=1S/C11H18O/c1-7(2)5-10-8-3-4-9(6-8)11(10)12/h8-12H,1,3-6H2,2H3. The second kappa shape index (κ2) is 2.88. The second-order valence-electron chi connectivity index (χ2n) is 4.65. The summed E-state index contributed by atoms with van der Waals surface area (Å²) < 4.78 is 0. The molecule has 0 spiro atoms. The number of rotatable bonds is 2. The van der Waals surface area contributed by atoms with Crippen molar-refractivity contribution in [1.82, 2.24) is 0 Å². The van der Waals surface area contributed by atoms with Gasteiger partial charge in [-0.25, -0.2) is 0 Å². The fourth-order valence-corrected chi connectivity index (χ4v) is 3.07. The molecule has 0 aliphatic heterocycles. The summed E-state index contributed by atoms with van der Waals surface area (Å²) >= 11 is 0. The molecule has 2 fully saturated rings. The highest BCUT2D eigenvalue weighted by molar-refractivity contribution is 5.02. The first-order valence-electron chi connectivity index (χ1n) is 5.01. The fraction of sp³-hybridized carbons (Fsp3) is 0.818. The van der Waals surface area contributed by atoms with Gasteiger partial charge in [-0.15, -0.1) is 6.58 Å². The van der Waals surface area contributed by atoms with E-state index in [2.05, 4.69) is 13.5 Å². The van der Waals surface area contributed by atoms with Gasteiger partial charge in [-0.2, -0.15) is 0 Å². The van der Waals surface area contributed by atoms with E-state index in [0.717, 1.165) is 12.3 Å². The predicted molar refractivity (Wildman–Crippen MR) is 49.8 cm³/mol. The summed E-state index contributed by atoms with van der Waals surface area (Å²) in [7, 11) is 0. The summed E-state index contributed by atoms with van der Waals surface area (Å²) in [5.74, 6) is 1.97. The Labute approximate surface area is 74.5 Å². The van der Waals surface area contributed by atoms with Crippen LogP contribution in [-0.2, 0) is 0 Å². The van der Waals surface area contributed by atoms with Gasteiger partial charge < -0.3 is 5.11 Å². The first-order valence-corrected chi connectivity index (χ1v) is 5.01. The van der Waals surface area contributed by atoms with E-state index in [1.165, 1.54) is 24.8 Å². The minimum Gasteiger partial charge on any atom is -0.393 e. The highest BCUT2D eigenvalue weighted by atomic mass is 16.3. The van der Waals surface area contributed by atoms with E-state index < -0.39 is 0 Å². The summed E-state index contributed by atoms with van der Waals surface area (Å²) in [6.45, 7) is 5.99. The maximum atomic E-state index is 9.89. The molecule has 2 saturated carbocycles. The van der Waals surface area contributed by atoms with Crippen molar-refractivity contribution in [3.63, 3.8) is 0 Å². The minimum atomic E-state index is -0.0135. The zero-order chi connectivity index (χ0) is 8.72. The Morgan fingerprint density at radius 3 is 2.58 bits per heavy atom. The number of allylic oxidation sites excluding steroid dienone is 1. The van der Waals surface area contributed by atoms with Crippen LogP contribution in [0.15, 0.2) is 12.2 Å². The quantitative estimate of drug-likeness (QED) is 0.624. The number of fused-ring (bicyclic) bond motifs is 2. The normalized spacial score (nSPS) is 45.2. The van der Waals surface area contributed by atoms with Gasteiger partial charge in [0.15, 0.2) is 0 Å². The van der Waals surface area contributed by atoms with E-state index >= 15 is 0 Å². The van der Waals surface area contributed by atoms with Crippen LogP contribution in [0.2, 0.25) is 0 Å². The van der Waals surface area contributed by atoms with Crippen LogP contribution < -0.4 is 0 Å². The number of aliphatic hydroxyl groups excluding tert-OH is 1. The molecule has 2 aliphatic rings. The Morgan fingerprint density at radius 1 is 1.42 bits per heavy atom. The van der Waals surface area contributed by atoms with Crippen LogP contribution >= 0.6 is 0 Å². The zero-order valence-corrected chi connectivity index (χ0v) is 7.79. The van der Waals surface area contributed by atoms with Gasteiger partial charge in [0, 0.05) is 0 Å². The van der Waals surface area contributed by atoms with Crippen LogP contribution in [0.25, 0.3) is 0 Å². The maximum Gasteiger partial charge on any atom is 0.0602 e. The van der Waals surface area contributed by atoms with Crippen molar-refractivity contribution in [2.24, 2.45) is 17.8 Å². The highest BCUT2D eigenvalue weighted by Crippen LogP contribution is 2.50. The van der Waals surface area contributed by atoms with Gasteiger partial charge in [0.2, 0.25) is 0 Å².